The highest BCUT2D eigenvalue weighted by atomic mass is 16.5. The molecule has 110 valence electrons. The Hall–Kier alpha value is -1.22. The smallest absolute Gasteiger partial charge is 0.160 e. The molecule has 0 spiro atoms. The van der Waals surface area contributed by atoms with Crippen LogP contribution in [0.5, 0.6) is 11.5 Å². The van der Waals surface area contributed by atoms with Crippen molar-refractivity contribution in [2.24, 2.45) is 17.8 Å². The van der Waals surface area contributed by atoms with Gasteiger partial charge in [-0.2, -0.15) is 0 Å². The van der Waals surface area contributed by atoms with Crippen LogP contribution in [0, 0.1) is 17.8 Å². The minimum absolute atomic E-state index is 0.235. The number of rotatable bonds is 5. The van der Waals surface area contributed by atoms with E-state index in [0.29, 0.717) is 5.75 Å². The van der Waals surface area contributed by atoms with Gasteiger partial charge in [-0.15, -0.1) is 0 Å². The van der Waals surface area contributed by atoms with E-state index >= 15 is 0 Å². The number of hydrogen-bond acceptors (Lipinski definition) is 3. The summed E-state index contributed by atoms with van der Waals surface area (Å²) in [7, 11) is 3.77. The number of phenolic OH excluding ortho intramolecular Hbond substituents is 1. The van der Waals surface area contributed by atoms with Crippen LogP contribution >= 0.6 is 0 Å². The standard InChI is InChI=1S/C17H25NO2/c1-18(11-15-8-12-3-5-14(15)7-12)10-13-4-6-17(20-2)16(19)9-13/h4,6,9,12,14-15,19H,3,5,7-8,10-11H2,1-2H3. The lowest BCUT2D eigenvalue weighted by Crippen LogP contribution is -2.28. The monoisotopic (exact) mass is 275 g/mol. The minimum Gasteiger partial charge on any atom is -0.504 e. The number of phenols is 1. The van der Waals surface area contributed by atoms with Gasteiger partial charge in [0.2, 0.25) is 0 Å². The Bertz CT molecular complexity index is 474. The predicted molar refractivity (Wildman–Crippen MR) is 79.9 cm³/mol. The SMILES string of the molecule is COc1ccc(CN(C)CC2CC3CCC2C3)cc1O. The van der Waals surface area contributed by atoms with Gasteiger partial charge in [-0.25, -0.2) is 0 Å². The molecule has 1 N–H and O–H groups in total. The van der Waals surface area contributed by atoms with E-state index in [2.05, 4.69) is 11.9 Å². The zero-order valence-corrected chi connectivity index (χ0v) is 12.5. The van der Waals surface area contributed by atoms with Crippen LogP contribution in [-0.4, -0.2) is 30.7 Å². The highest BCUT2D eigenvalue weighted by Crippen LogP contribution is 2.48. The van der Waals surface area contributed by atoms with Gasteiger partial charge in [-0.05, 0) is 61.8 Å². The van der Waals surface area contributed by atoms with Crippen LogP contribution in [0.15, 0.2) is 18.2 Å². The molecule has 2 bridgehead atoms. The Balaban J connectivity index is 1.56. The lowest BCUT2D eigenvalue weighted by Gasteiger charge is -2.27. The van der Waals surface area contributed by atoms with Gasteiger partial charge in [-0.1, -0.05) is 12.5 Å². The summed E-state index contributed by atoms with van der Waals surface area (Å²) >= 11 is 0. The molecule has 20 heavy (non-hydrogen) atoms. The molecule has 3 rings (SSSR count). The number of benzene rings is 1. The van der Waals surface area contributed by atoms with Crippen molar-refractivity contribution in [2.75, 3.05) is 20.7 Å². The molecule has 2 aliphatic carbocycles. The average Bonchev–Trinajstić information content (AvgIpc) is 3.01. The van der Waals surface area contributed by atoms with E-state index in [0.717, 1.165) is 29.9 Å². The summed E-state index contributed by atoms with van der Waals surface area (Å²) < 4.78 is 5.08. The van der Waals surface area contributed by atoms with E-state index in [-0.39, 0.29) is 5.75 Å². The van der Waals surface area contributed by atoms with Gasteiger partial charge < -0.3 is 14.7 Å². The molecule has 3 nitrogen and oxygen atoms in total. The van der Waals surface area contributed by atoms with E-state index in [1.807, 2.05) is 18.2 Å². The first-order valence-corrected chi connectivity index (χ1v) is 7.70. The molecule has 0 amide bonds. The largest absolute Gasteiger partial charge is 0.504 e. The van der Waals surface area contributed by atoms with Crippen molar-refractivity contribution in [1.82, 2.24) is 4.90 Å². The molecule has 3 unspecified atom stereocenters. The third kappa shape index (κ3) is 2.78. The van der Waals surface area contributed by atoms with Crippen LogP contribution < -0.4 is 4.74 Å². The van der Waals surface area contributed by atoms with Crippen molar-refractivity contribution >= 4 is 0 Å². The van der Waals surface area contributed by atoms with E-state index in [1.54, 1.807) is 7.11 Å². The summed E-state index contributed by atoms with van der Waals surface area (Å²) in [6, 6.07) is 5.70. The second-order valence-electron chi connectivity index (χ2n) is 6.64. The lowest BCUT2D eigenvalue weighted by molar-refractivity contribution is 0.214. The summed E-state index contributed by atoms with van der Waals surface area (Å²) in [5.74, 6) is 3.67. The quantitative estimate of drug-likeness (QED) is 0.895. The van der Waals surface area contributed by atoms with Gasteiger partial charge in [0, 0.05) is 13.1 Å². The molecule has 0 saturated heterocycles. The van der Waals surface area contributed by atoms with Crippen LogP contribution in [0.3, 0.4) is 0 Å². The van der Waals surface area contributed by atoms with Crippen molar-refractivity contribution in [3.8, 4) is 11.5 Å². The summed E-state index contributed by atoms with van der Waals surface area (Å²) in [4.78, 5) is 2.40. The fourth-order valence-electron chi connectivity index (χ4n) is 4.21. The molecule has 1 aromatic rings. The molecular weight excluding hydrogens is 250 g/mol. The molecule has 2 aliphatic rings. The zero-order chi connectivity index (χ0) is 14.1. The Kier molecular flexibility index (Phi) is 3.88. The summed E-state index contributed by atoms with van der Waals surface area (Å²) in [6.07, 6.45) is 5.83. The molecule has 3 atom stereocenters. The molecule has 2 fully saturated rings. The van der Waals surface area contributed by atoms with Gasteiger partial charge in [0.25, 0.3) is 0 Å². The van der Waals surface area contributed by atoms with Crippen LogP contribution in [0.25, 0.3) is 0 Å². The predicted octanol–water partition coefficient (Wildman–Crippen LogP) is 3.27. The maximum absolute atomic E-state index is 9.83. The average molecular weight is 275 g/mol. The van der Waals surface area contributed by atoms with Crippen molar-refractivity contribution in [1.29, 1.82) is 0 Å². The van der Waals surface area contributed by atoms with Crippen LogP contribution in [0.1, 0.15) is 31.2 Å². The summed E-state index contributed by atoms with van der Waals surface area (Å²) in [5, 5.41) is 9.83. The molecule has 0 aliphatic heterocycles. The van der Waals surface area contributed by atoms with Crippen molar-refractivity contribution in [3.05, 3.63) is 23.8 Å². The Morgan fingerprint density at radius 1 is 1.30 bits per heavy atom. The second-order valence-corrected chi connectivity index (χ2v) is 6.64. The van der Waals surface area contributed by atoms with Gasteiger partial charge in [-0.3, -0.25) is 0 Å². The van der Waals surface area contributed by atoms with Crippen LogP contribution in [0.2, 0.25) is 0 Å². The first-order valence-electron chi connectivity index (χ1n) is 7.70. The maximum Gasteiger partial charge on any atom is 0.160 e. The molecule has 1 aromatic carbocycles. The first-order chi connectivity index (χ1) is 9.65. The molecule has 0 aromatic heterocycles. The lowest BCUT2D eigenvalue weighted by atomic mass is 9.88. The number of aromatic hydroxyl groups is 1. The maximum atomic E-state index is 9.83. The molecule has 0 radical (unpaired) electrons. The van der Waals surface area contributed by atoms with Gasteiger partial charge in [0.05, 0.1) is 7.11 Å². The van der Waals surface area contributed by atoms with Gasteiger partial charge >= 0.3 is 0 Å². The third-order valence-electron chi connectivity index (χ3n) is 5.13. The Labute approximate surface area is 121 Å². The zero-order valence-electron chi connectivity index (χ0n) is 12.5. The highest BCUT2D eigenvalue weighted by molar-refractivity contribution is 5.41. The number of methoxy groups -OCH3 is 1. The van der Waals surface area contributed by atoms with E-state index in [9.17, 15) is 5.11 Å². The minimum atomic E-state index is 0.235. The number of ether oxygens (including phenoxy) is 1. The van der Waals surface area contributed by atoms with Gasteiger partial charge in [0.1, 0.15) is 0 Å². The highest BCUT2D eigenvalue weighted by Gasteiger charge is 2.39. The van der Waals surface area contributed by atoms with Crippen LogP contribution in [0.4, 0.5) is 0 Å². The molecular formula is C17H25NO2. The second kappa shape index (κ2) is 5.65. The summed E-state index contributed by atoms with van der Waals surface area (Å²) in [5.41, 5.74) is 1.15. The van der Waals surface area contributed by atoms with E-state index < -0.39 is 0 Å². The van der Waals surface area contributed by atoms with Crippen molar-refractivity contribution in [3.63, 3.8) is 0 Å². The van der Waals surface area contributed by atoms with Crippen molar-refractivity contribution < 1.29 is 9.84 Å². The first kappa shape index (κ1) is 13.7. The summed E-state index contributed by atoms with van der Waals surface area (Å²) in [6.45, 7) is 2.08. The number of fused-ring (bicyclic) bond motifs is 2. The molecule has 3 heteroatoms. The normalized spacial score (nSPS) is 28.2. The van der Waals surface area contributed by atoms with Gasteiger partial charge in [0.15, 0.2) is 11.5 Å². The van der Waals surface area contributed by atoms with E-state index in [1.165, 1.54) is 32.2 Å². The Morgan fingerprint density at radius 2 is 2.15 bits per heavy atom. The topological polar surface area (TPSA) is 32.7 Å². The molecule has 2 saturated carbocycles. The molecule has 0 heterocycles. The van der Waals surface area contributed by atoms with Crippen molar-refractivity contribution in [2.45, 2.75) is 32.2 Å². The number of nitrogens with zero attached hydrogens (tertiary/aromatic N) is 1. The third-order valence-corrected chi connectivity index (χ3v) is 5.13. The van der Waals surface area contributed by atoms with Crippen LogP contribution in [-0.2, 0) is 6.54 Å². The Morgan fingerprint density at radius 3 is 2.75 bits per heavy atom. The van der Waals surface area contributed by atoms with E-state index in [4.69, 9.17) is 4.74 Å². The fourth-order valence-corrected chi connectivity index (χ4v) is 4.21. The fraction of sp³-hybridized carbons (Fsp3) is 0.647. The number of hydrogen-bond donors (Lipinski definition) is 1.